The summed E-state index contributed by atoms with van der Waals surface area (Å²) in [5, 5.41) is 14.0. The minimum atomic E-state index is -0.508. The van der Waals surface area contributed by atoms with Gasteiger partial charge in [-0.15, -0.1) is 10.2 Å². The summed E-state index contributed by atoms with van der Waals surface area (Å²) in [6.07, 6.45) is 5.78. The number of benzene rings is 1. The summed E-state index contributed by atoms with van der Waals surface area (Å²) in [4.78, 5) is 23.9. The zero-order chi connectivity index (χ0) is 22.6. The second-order valence-electron chi connectivity index (χ2n) is 9.12. The van der Waals surface area contributed by atoms with E-state index in [0.29, 0.717) is 6.04 Å². The number of hydrogen-bond donors (Lipinski definition) is 2. The van der Waals surface area contributed by atoms with E-state index in [1.54, 1.807) is 6.92 Å². The molecule has 168 valence electrons. The number of aromatic nitrogens is 3. The van der Waals surface area contributed by atoms with E-state index < -0.39 is 11.3 Å². The molecule has 0 aliphatic heterocycles. The first kappa shape index (κ1) is 23.3. The molecule has 0 bridgehead atoms. The van der Waals surface area contributed by atoms with Gasteiger partial charge in [0.15, 0.2) is 11.0 Å². The smallest absolute Gasteiger partial charge is 0.321 e. The quantitative estimate of drug-likeness (QED) is 0.655. The number of imide groups is 1. The molecule has 0 saturated heterocycles. The number of nitrogens with one attached hydrogen (secondary N) is 2. The molecule has 1 heterocycles. The van der Waals surface area contributed by atoms with Gasteiger partial charge in [0.1, 0.15) is 0 Å². The molecule has 1 unspecified atom stereocenters. The third-order valence-corrected chi connectivity index (χ3v) is 6.79. The molecule has 1 aliphatic carbocycles. The summed E-state index contributed by atoms with van der Waals surface area (Å²) < 4.78 is 2.21. The second-order valence-corrected chi connectivity index (χ2v) is 10.4. The monoisotopic (exact) mass is 443 g/mol. The molecular weight excluding hydrogens is 410 g/mol. The average molecular weight is 444 g/mol. The lowest BCUT2D eigenvalue weighted by molar-refractivity contribution is -0.119. The summed E-state index contributed by atoms with van der Waals surface area (Å²) in [6.45, 7) is 8.38. The highest BCUT2D eigenvalue weighted by Gasteiger charge is 2.27. The van der Waals surface area contributed by atoms with Crippen LogP contribution >= 0.6 is 11.8 Å². The van der Waals surface area contributed by atoms with Crippen molar-refractivity contribution in [3.05, 3.63) is 29.8 Å². The summed E-state index contributed by atoms with van der Waals surface area (Å²) in [5.74, 6) is 0.493. The van der Waals surface area contributed by atoms with Crippen LogP contribution in [0.5, 0.6) is 0 Å². The molecule has 2 aromatic rings. The van der Waals surface area contributed by atoms with Gasteiger partial charge in [0.25, 0.3) is 0 Å². The highest BCUT2D eigenvalue weighted by molar-refractivity contribution is 8.00. The molecule has 1 saturated carbocycles. The topological polar surface area (TPSA) is 88.9 Å². The van der Waals surface area contributed by atoms with Crippen LogP contribution in [0, 0.1) is 0 Å². The van der Waals surface area contributed by atoms with Crippen LogP contribution < -0.4 is 10.6 Å². The Balaban J connectivity index is 1.91. The van der Waals surface area contributed by atoms with E-state index in [0.717, 1.165) is 29.4 Å². The molecule has 31 heavy (non-hydrogen) atoms. The third-order valence-electron chi connectivity index (χ3n) is 5.73. The SMILES string of the molecule is CNC(=O)NC(=O)C(C)Sc1nnc(-c2ccc(C(C)(C)C)cc2)n1C1CCCCC1. The van der Waals surface area contributed by atoms with E-state index in [1.807, 2.05) is 0 Å². The Morgan fingerprint density at radius 3 is 2.32 bits per heavy atom. The minimum Gasteiger partial charge on any atom is -0.341 e. The van der Waals surface area contributed by atoms with Gasteiger partial charge in [-0.25, -0.2) is 4.79 Å². The largest absolute Gasteiger partial charge is 0.341 e. The Kier molecular flexibility index (Phi) is 7.41. The van der Waals surface area contributed by atoms with E-state index in [2.05, 4.69) is 70.4 Å². The van der Waals surface area contributed by atoms with Gasteiger partial charge < -0.3 is 5.32 Å². The van der Waals surface area contributed by atoms with Crippen LogP contribution in [0.4, 0.5) is 4.79 Å². The number of amides is 3. The van der Waals surface area contributed by atoms with Crippen LogP contribution in [-0.2, 0) is 10.2 Å². The maximum absolute atomic E-state index is 12.4. The van der Waals surface area contributed by atoms with Gasteiger partial charge in [0, 0.05) is 18.7 Å². The molecule has 0 radical (unpaired) electrons. The Labute approximate surface area is 188 Å². The average Bonchev–Trinajstić information content (AvgIpc) is 3.17. The van der Waals surface area contributed by atoms with Crippen molar-refractivity contribution in [2.45, 2.75) is 81.7 Å². The molecule has 1 aromatic heterocycles. The van der Waals surface area contributed by atoms with Gasteiger partial charge in [0.2, 0.25) is 5.91 Å². The van der Waals surface area contributed by atoms with Gasteiger partial charge in [-0.2, -0.15) is 0 Å². The van der Waals surface area contributed by atoms with Crippen LogP contribution in [0.15, 0.2) is 29.4 Å². The minimum absolute atomic E-state index is 0.0875. The van der Waals surface area contributed by atoms with Gasteiger partial charge in [-0.1, -0.05) is 76.1 Å². The molecule has 8 heteroatoms. The zero-order valence-corrected chi connectivity index (χ0v) is 19.9. The molecule has 1 aromatic carbocycles. The first-order chi connectivity index (χ1) is 14.7. The van der Waals surface area contributed by atoms with E-state index in [1.165, 1.54) is 43.6 Å². The van der Waals surface area contributed by atoms with E-state index in [9.17, 15) is 9.59 Å². The number of carbonyl (C=O) groups excluding carboxylic acids is 2. The number of hydrogen-bond acceptors (Lipinski definition) is 5. The maximum Gasteiger partial charge on any atom is 0.321 e. The van der Waals surface area contributed by atoms with Gasteiger partial charge >= 0.3 is 6.03 Å². The van der Waals surface area contributed by atoms with Crippen molar-refractivity contribution in [2.24, 2.45) is 0 Å². The Morgan fingerprint density at radius 2 is 1.74 bits per heavy atom. The Hall–Kier alpha value is -2.35. The normalized spacial score (nSPS) is 16.0. The molecule has 3 rings (SSSR count). The summed E-state index contributed by atoms with van der Waals surface area (Å²) in [6, 6.07) is 8.34. The fraction of sp³-hybridized carbons (Fsp3) is 0.565. The second kappa shape index (κ2) is 9.85. The van der Waals surface area contributed by atoms with Crippen LogP contribution in [0.1, 0.15) is 71.4 Å². The van der Waals surface area contributed by atoms with Gasteiger partial charge in [-0.3, -0.25) is 14.7 Å². The van der Waals surface area contributed by atoms with Gasteiger partial charge in [-0.05, 0) is 30.7 Å². The van der Waals surface area contributed by atoms with Crippen molar-refractivity contribution < 1.29 is 9.59 Å². The first-order valence-electron chi connectivity index (χ1n) is 11.0. The number of rotatable bonds is 5. The van der Waals surface area contributed by atoms with Gasteiger partial charge in [0.05, 0.1) is 5.25 Å². The molecule has 2 N–H and O–H groups in total. The molecular formula is C23H33N5O2S. The molecule has 3 amide bonds. The predicted octanol–water partition coefficient (Wildman–Crippen LogP) is 4.68. The van der Waals surface area contributed by atoms with Crippen LogP contribution in [-0.4, -0.2) is 39.0 Å². The highest BCUT2D eigenvalue weighted by Crippen LogP contribution is 2.37. The zero-order valence-electron chi connectivity index (χ0n) is 19.1. The van der Waals surface area contributed by atoms with Crippen LogP contribution in [0.2, 0.25) is 0 Å². The Morgan fingerprint density at radius 1 is 1.10 bits per heavy atom. The molecule has 1 aliphatic rings. The summed E-state index contributed by atoms with van der Waals surface area (Å²) in [7, 11) is 1.48. The van der Waals surface area contributed by atoms with Crippen molar-refractivity contribution in [1.82, 2.24) is 25.4 Å². The van der Waals surface area contributed by atoms with Crippen LogP contribution in [0.3, 0.4) is 0 Å². The molecule has 7 nitrogen and oxygen atoms in total. The van der Waals surface area contributed by atoms with Crippen molar-refractivity contribution in [2.75, 3.05) is 7.05 Å². The van der Waals surface area contributed by atoms with Crippen molar-refractivity contribution in [3.8, 4) is 11.4 Å². The number of carbonyl (C=O) groups is 2. The van der Waals surface area contributed by atoms with E-state index in [-0.39, 0.29) is 11.3 Å². The van der Waals surface area contributed by atoms with Crippen molar-refractivity contribution in [3.63, 3.8) is 0 Å². The lowest BCUT2D eigenvalue weighted by Gasteiger charge is -2.26. The lowest BCUT2D eigenvalue weighted by atomic mass is 9.86. The number of nitrogens with zero attached hydrogens (tertiary/aromatic N) is 3. The van der Waals surface area contributed by atoms with Crippen molar-refractivity contribution >= 4 is 23.7 Å². The number of urea groups is 1. The third kappa shape index (κ3) is 5.67. The molecule has 0 spiro atoms. The van der Waals surface area contributed by atoms with E-state index >= 15 is 0 Å². The first-order valence-corrected chi connectivity index (χ1v) is 11.8. The lowest BCUT2D eigenvalue weighted by Crippen LogP contribution is -2.41. The predicted molar refractivity (Wildman–Crippen MR) is 124 cm³/mol. The summed E-state index contributed by atoms with van der Waals surface area (Å²) >= 11 is 1.34. The standard InChI is InChI=1S/C23H33N5O2S/c1-15(20(29)25-21(30)24-5)31-22-27-26-19(28(22)18-9-7-6-8-10-18)16-11-13-17(14-12-16)23(2,3)4/h11-15,18H,6-10H2,1-5H3,(H2,24,25,29,30). The molecule has 1 atom stereocenters. The van der Waals surface area contributed by atoms with Crippen molar-refractivity contribution in [1.29, 1.82) is 0 Å². The fourth-order valence-corrected chi connectivity index (χ4v) is 4.75. The highest BCUT2D eigenvalue weighted by atomic mass is 32.2. The fourth-order valence-electron chi connectivity index (χ4n) is 3.83. The number of thioether (sulfide) groups is 1. The molecule has 1 fully saturated rings. The van der Waals surface area contributed by atoms with E-state index in [4.69, 9.17) is 0 Å². The maximum atomic E-state index is 12.4. The Bertz CT molecular complexity index is 911. The van der Waals surface area contributed by atoms with Crippen LogP contribution in [0.25, 0.3) is 11.4 Å². The summed E-state index contributed by atoms with van der Waals surface area (Å²) in [5.41, 5.74) is 2.39.